The summed E-state index contributed by atoms with van der Waals surface area (Å²) in [5, 5.41) is 18.2. The van der Waals surface area contributed by atoms with E-state index in [1.54, 1.807) is 50.2 Å². The number of aliphatic carboxylic acids is 1. The molecule has 2 aromatic rings. The van der Waals surface area contributed by atoms with E-state index in [-0.39, 0.29) is 0 Å². The monoisotopic (exact) mass is 409 g/mol. The maximum absolute atomic E-state index is 13.5. The Bertz CT molecular complexity index is 1030. The molecule has 0 amide bonds. The smallest absolute Gasteiger partial charge is 0.364 e. The number of carboxylic acid groups (broad SMARTS) is 1. The fraction of sp³-hybridized carbons (Fsp3) is 0.261. The topological polar surface area (TPSA) is 96.6 Å². The highest BCUT2D eigenvalue weighted by Crippen LogP contribution is 2.60. The van der Waals surface area contributed by atoms with E-state index in [1.165, 1.54) is 0 Å². The second-order valence-corrected chi connectivity index (χ2v) is 7.58. The third kappa shape index (κ3) is 4.49. The lowest BCUT2D eigenvalue weighted by Crippen LogP contribution is -2.14. The molecule has 3 rings (SSSR count). The molecule has 1 fully saturated rings. The lowest BCUT2D eigenvalue weighted by atomic mass is 10.1. The Morgan fingerprint density at radius 3 is 2.47 bits per heavy atom. The van der Waals surface area contributed by atoms with Gasteiger partial charge in [0.2, 0.25) is 11.9 Å². The molecule has 0 bridgehead atoms. The van der Waals surface area contributed by atoms with Crippen LogP contribution in [0.15, 0.2) is 66.5 Å². The number of para-hydroxylation sites is 1. The molecule has 0 unspecified atom stereocenters. The molecule has 0 spiro atoms. The van der Waals surface area contributed by atoms with Crippen molar-refractivity contribution in [2.24, 2.45) is 17.3 Å². The summed E-state index contributed by atoms with van der Waals surface area (Å²) in [5.41, 5.74) is -0.233. The lowest BCUT2D eigenvalue weighted by molar-refractivity contribution is -0.149. The first kappa shape index (κ1) is 21.1. The maximum Gasteiger partial charge on any atom is 0.364 e. The largest absolute Gasteiger partial charge is 0.476 e. The van der Waals surface area contributed by atoms with Crippen LogP contribution in [0.3, 0.4) is 0 Å². The first-order valence-corrected chi connectivity index (χ1v) is 9.27. The van der Waals surface area contributed by atoms with Crippen molar-refractivity contribution in [2.45, 2.75) is 20.0 Å². The van der Waals surface area contributed by atoms with Gasteiger partial charge in [-0.2, -0.15) is 9.65 Å². The Labute approximate surface area is 173 Å². The van der Waals surface area contributed by atoms with Crippen molar-refractivity contribution in [3.63, 3.8) is 0 Å². The number of halogens is 1. The summed E-state index contributed by atoms with van der Waals surface area (Å²) in [6.07, 6.45) is -0.258. The minimum absolute atomic E-state index is 0.432. The molecule has 0 aromatic heterocycles. The third-order valence-electron chi connectivity index (χ3n) is 5.19. The summed E-state index contributed by atoms with van der Waals surface area (Å²) in [6, 6.07) is 17.7. The van der Waals surface area contributed by atoms with Crippen LogP contribution in [-0.2, 0) is 14.3 Å². The van der Waals surface area contributed by atoms with E-state index >= 15 is 0 Å². The Morgan fingerprint density at radius 1 is 1.17 bits per heavy atom. The zero-order valence-electron chi connectivity index (χ0n) is 16.4. The number of rotatable bonds is 7. The van der Waals surface area contributed by atoms with Crippen LogP contribution in [0, 0.1) is 28.6 Å². The minimum atomic E-state index is -1.69. The van der Waals surface area contributed by atoms with E-state index in [0.717, 1.165) is 6.08 Å². The van der Waals surface area contributed by atoms with Gasteiger partial charge in [0.05, 0.1) is 5.92 Å². The van der Waals surface area contributed by atoms with E-state index in [0.29, 0.717) is 17.1 Å². The van der Waals surface area contributed by atoms with Gasteiger partial charge in [-0.25, -0.2) is 4.79 Å². The predicted octanol–water partition coefficient (Wildman–Crippen LogP) is 4.80. The molecule has 30 heavy (non-hydrogen) atoms. The van der Waals surface area contributed by atoms with Gasteiger partial charge in [0.25, 0.3) is 0 Å². The van der Waals surface area contributed by atoms with Crippen LogP contribution >= 0.6 is 0 Å². The molecule has 6 nitrogen and oxygen atoms in total. The summed E-state index contributed by atoms with van der Waals surface area (Å²) in [5.74, 6) is -3.93. The third-order valence-corrected chi connectivity index (χ3v) is 5.19. The van der Waals surface area contributed by atoms with Crippen LogP contribution in [0.5, 0.6) is 11.5 Å². The van der Waals surface area contributed by atoms with E-state index in [2.05, 4.69) is 0 Å². The van der Waals surface area contributed by atoms with E-state index in [1.807, 2.05) is 24.3 Å². The maximum atomic E-state index is 13.5. The number of carbonyl (C=O) groups is 2. The van der Waals surface area contributed by atoms with Crippen LogP contribution in [0.2, 0.25) is 0 Å². The second-order valence-electron chi connectivity index (χ2n) is 7.58. The molecular weight excluding hydrogens is 389 g/mol. The zero-order valence-corrected chi connectivity index (χ0v) is 16.4. The van der Waals surface area contributed by atoms with Crippen LogP contribution in [-0.4, -0.2) is 17.0 Å². The van der Waals surface area contributed by atoms with Crippen LogP contribution in [0.1, 0.15) is 25.5 Å². The number of nitrogens with zero attached hydrogens (tertiary/aromatic N) is 1. The summed E-state index contributed by atoms with van der Waals surface area (Å²) < 4.78 is 24.6. The molecule has 0 radical (unpaired) electrons. The highest BCUT2D eigenvalue weighted by molar-refractivity contribution is 5.85. The Morgan fingerprint density at radius 2 is 1.83 bits per heavy atom. The van der Waals surface area contributed by atoms with Gasteiger partial charge in [-0.3, -0.25) is 4.79 Å². The Hall–Kier alpha value is -3.66. The Kier molecular flexibility index (Phi) is 5.88. The first-order chi connectivity index (χ1) is 14.2. The van der Waals surface area contributed by atoms with Crippen molar-refractivity contribution in [3.05, 3.63) is 72.1 Å². The van der Waals surface area contributed by atoms with Gasteiger partial charge in [-0.05, 0) is 41.7 Å². The van der Waals surface area contributed by atoms with E-state index < -0.39 is 41.1 Å². The average molecular weight is 409 g/mol. The molecule has 0 saturated heterocycles. The number of allylic oxidation sites excluding steroid dienone is 1. The molecule has 1 saturated carbocycles. The van der Waals surface area contributed by atoms with Gasteiger partial charge < -0.3 is 14.6 Å². The van der Waals surface area contributed by atoms with Crippen molar-refractivity contribution < 1.29 is 28.6 Å². The van der Waals surface area contributed by atoms with Gasteiger partial charge in [-0.1, -0.05) is 44.2 Å². The molecule has 0 heterocycles. The molecule has 7 heteroatoms. The molecule has 1 aliphatic rings. The summed E-state index contributed by atoms with van der Waals surface area (Å²) in [6.45, 7) is 3.43. The molecule has 0 aliphatic heterocycles. The standard InChI is InChI=1S/C23H20FNO5/c1-23(2)17(12-18(24)21(26)27)20(23)22(28)30-19(13-25)14-7-6-10-16(11-14)29-15-8-4-3-5-9-15/h3-12,17,19-20H,1-2H3,(H,26,27)/b18-12-/t17-,19+,20-/m0/s1. The molecular formula is C23H20FNO5. The summed E-state index contributed by atoms with van der Waals surface area (Å²) in [7, 11) is 0. The number of carbonyl (C=O) groups excluding carboxylic acids is 1. The van der Waals surface area contributed by atoms with Crippen molar-refractivity contribution in [1.29, 1.82) is 5.26 Å². The number of nitriles is 1. The highest BCUT2D eigenvalue weighted by Gasteiger charge is 2.62. The Balaban J connectivity index is 1.72. The SMILES string of the molecule is CC1(C)[C@H](C(=O)O[C@H](C#N)c2cccc(Oc3ccccc3)c2)[C@@H]1/C=C(\F)C(=O)O. The fourth-order valence-corrected chi connectivity index (χ4v) is 3.39. The predicted molar refractivity (Wildman–Crippen MR) is 105 cm³/mol. The molecule has 1 aliphatic carbocycles. The summed E-state index contributed by atoms with van der Waals surface area (Å²) >= 11 is 0. The number of ether oxygens (including phenoxy) is 2. The quantitative estimate of drug-likeness (QED) is 0.521. The molecule has 2 aromatic carbocycles. The second kappa shape index (κ2) is 8.37. The van der Waals surface area contributed by atoms with Crippen molar-refractivity contribution >= 4 is 11.9 Å². The lowest BCUT2D eigenvalue weighted by Gasteiger charge is -2.13. The molecule has 154 valence electrons. The van der Waals surface area contributed by atoms with Crippen molar-refractivity contribution in [2.75, 3.05) is 0 Å². The zero-order chi connectivity index (χ0) is 21.9. The van der Waals surface area contributed by atoms with Crippen molar-refractivity contribution in [1.82, 2.24) is 0 Å². The average Bonchev–Trinajstić information content (AvgIpc) is 3.26. The van der Waals surface area contributed by atoms with Gasteiger partial charge in [0.15, 0.2) is 0 Å². The van der Waals surface area contributed by atoms with Crippen LogP contribution in [0.25, 0.3) is 0 Å². The first-order valence-electron chi connectivity index (χ1n) is 9.27. The van der Waals surface area contributed by atoms with Crippen LogP contribution in [0.4, 0.5) is 4.39 Å². The number of benzene rings is 2. The van der Waals surface area contributed by atoms with Gasteiger partial charge in [-0.15, -0.1) is 0 Å². The van der Waals surface area contributed by atoms with Crippen LogP contribution < -0.4 is 4.74 Å². The van der Waals surface area contributed by atoms with E-state index in [9.17, 15) is 19.2 Å². The normalized spacial score (nSPS) is 20.5. The highest BCUT2D eigenvalue weighted by atomic mass is 19.1. The number of esters is 1. The minimum Gasteiger partial charge on any atom is -0.476 e. The fourth-order valence-electron chi connectivity index (χ4n) is 3.39. The van der Waals surface area contributed by atoms with Gasteiger partial charge in [0, 0.05) is 5.56 Å². The molecule has 1 N–H and O–H groups in total. The van der Waals surface area contributed by atoms with Gasteiger partial charge in [0.1, 0.15) is 17.6 Å². The number of hydrogen-bond acceptors (Lipinski definition) is 5. The van der Waals surface area contributed by atoms with Crippen molar-refractivity contribution in [3.8, 4) is 17.6 Å². The molecule has 3 atom stereocenters. The van der Waals surface area contributed by atoms with Gasteiger partial charge >= 0.3 is 11.9 Å². The van der Waals surface area contributed by atoms with E-state index in [4.69, 9.17) is 14.6 Å². The number of hydrogen-bond donors (Lipinski definition) is 1. The number of carboxylic acids is 1. The summed E-state index contributed by atoms with van der Waals surface area (Å²) in [4.78, 5) is 23.3.